The zero-order chi connectivity index (χ0) is 25.4. The molecule has 0 radical (unpaired) electrons. The Morgan fingerprint density at radius 2 is 1.94 bits per heavy atom. The molecule has 0 aromatic carbocycles. The number of sulfonamides is 1. The van der Waals surface area contributed by atoms with Crippen LogP contribution in [0.3, 0.4) is 0 Å². The topological polar surface area (TPSA) is 129 Å². The second kappa shape index (κ2) is 10.4. The molecule has 202 valence electrons. The molecule has 3 atom stereocenters. The Morgan fingerprint density at radius 3 is 2.61 bits per heavy atom. The Bertz CT molecular complexity index is 1050. The van der Waals surface area contributed by atoms with Gasteiger partial charge in [0.05, 0.1) is 24.4 Å². The maximum absolute atomic E-state index is 14.3. The molecule has 4 aliphatic heterocycles. The van der Waals surface area contributed by atoms with Crippen molar-refractivity contribution in [2.24, 2.45) is 0 Å². The number of rotatable bonds is 7. The molecule has 3 unspecified atom stereocenters. The average Bonchev–Trinajstić information content (AvgIpc) is 3.14. The fourth-order valence-electron chi connectivity index (χ4n) is 6.10. The van der Waals surface area contributed by atoms with Gasteiger partial charge in [-0.25, -0.2) is 21.8 Å². The van der Waals surface area contributed by atoms with Gasteiger partial charge in [-0.05, 0) is 51.7 Å². The van der Waals surface area contributed by atoms with Crippen LogP contribution in [-0.2, 0) is 16.6 Å². The van der Waals surface area contributed by atoms with Crippen molar-refractivity contribution in [3.63, 3.8) is 0 Å². The number of piperidine rings is 2. The lowest BCUT2D eigenvalue weighted by Crippen LogP contribution is -2.61. The van der Waals surface area contributed by atoms with Crippen LogP contribution < -0.4 is 21.3 Å². The number of nitrogen functional groups attached to an aromatic ring is 1. The highest BCUT2D eigenvalue weighted by Crippen LogP contribution is 2.31. The maximum Gasteiger partial charge on any atom is 0.259 e. The number of aromatic nitrogens is 2. The zero-order valence-electron chi connectivity index (χ0n) is 21.0. The lowest BCUT2D eigenvalue weighted by Gasteiger charge is -2.44. The van der Waals surface area contributed by atoms with Crippen LogP contribution in [0, 0.1) is 0 Å². The van der Waals surface area contributed by atoms with Crippen molar-refractivity contribution in [2.45, 2.75) is 69.1 Å². The SMILES string of the molecule is CCCN1CC(F)Cn2nc(N)c(C(=O)NC3CNCCC3N3CCC(S(=O)(=O)N4CCC4)CC3)c21. The molecule has 0 spiro atoms. The molecule has 1 amide bonds. The van der Waals surface area contributed by atoms with E-state index in [4.69, 9.17) is 5.73 Å². The molecule has 4 aliphatic rings. The van der Waals surface area contributed by atoms with E-state index >= 15 is 0 Å². The van der Waals surface area contributed by atoms with Crippen LogP contribution in [0.5, 0.6) is 0 Å². The number of alkyl halides is 1. The Labute approximate surface area is 212 Å². The summed E-state index contributed by atoms with van der Waals surface area (Å²) in [5.41, 5.74) is 6.49. The van der Waals surface area contributed by atoms with Crippen LogP contribution >= 0.6 is 0 Å². The summed E-state index contributed by atoms with van der Waals surface area (Å²) in [5.74, 6) is 0.425. The van der Waals surface area contributed by atoms with Crippen LogP contribution in [0.1, 0.15) is 49.4 Å². The van der Waals surface area contributed by atoms with Crippen LogP contribution in [0.4, 0.5) is 16.0 Å². The molecule has 5 rings (SSSR count). The smallest absolute Gasteiger partial charge is 0.259 e. The number of hydrogen-bond acceptors (Lipinski definition) is 8. The van der Waals surface area contributed by atoms with E-state index in [2.05, 4.69) is 20.6 Å². The number of carbonyl (C=O) groups excluding carboxylic acids is 1. The lowest BCUT2D eigenvalue weighted by molar-refractivity contribution is 0.0808. The Hall–Kier alpha value is -1.96. The number of halogens is 1. The van der Waals surface area contributed by atoms with Gasteiger partial charge in [-0.2, -0.15) is 5.10 Å². The second-order valence-electron chi connectivity index (χ2n) is 10.5. The lowest BCUT2D eigenvalue weighted by atomic mass is 9.96. The average molecular weight is 527 g/mol. The fraction of sp³-hybridized carbons (Fsp3) is 0.826. The minimum atomic E-state index is -3.20. The van der Waals surface area contributed by atoms with Crippen molar-refractivity contribution in [1.82, 2.24) is 29.6 Å². The van der Waals surface area contributed by atoms with E-state index in [9.17, 15) is 17.6 Å². The molecule has 0 saturated carbocycles. The van der Waals surface area contributed by atoms with Crippen molar-refractivity contribution >= 4 is 27.6 Å². The Balaban J connectivity index is 1.28. The second-order valence-corrected chi connectivity index (χ2v) is 12.7. The van der Waals surface area contributed by atoms with Crippen LogP contribution in [0.25, 0.3) is 0 Å². The van der Waals surface area contributed by atoms with Gasteiger partial charge in [0.1, 0.15) is 17.6 Å². The van der Waals surface area contributed by atoms with Gasteiger partial charge in [0.15, 0.2) is 5.82 Å². The van der Waals surface area contributed by atoms with E-state index < -0.39 is 16.2 Å². The number of nitrogens with zero attached hydrogens (tertiary/aromatic N) is 5. The summed E-state index contributed by atoms with van der Waals surface area (Å²) in [5, 5.41) is 10.5. The summed E-state index contributed by atoms with van der Waals surface area (Å²) in [6.45, 7) is 7.11. The normalized spacial score (nSPS) is 28.5. The molecular formula is C23H39FN8O3S. The van der Waals surface area contributed by atoms with Crippen molar-refractivity contribution in [3.8, 4) is 0 Å². The van der Waals surface area contributed by atoms with Crippen molar-refractivity contribution in [2.75, 3.05) is 63.0 Å². The van der Waals surface area contributed by atoms with Gasteiger partial charge in [0.2, 0.25) is 10.0 Å². The van der Waals surface area contributed by atoms with E-state index in [1.807, 2.05) is 11.8 Å². The zero-order valence-corrected chi connectivity index (χ0v) is 21.8. The Morgan fingerprint density at radius 1 is 1.19 bits per heavy atom. The van der Waals surface area contributed by atoms with Gasteiger partial charge in [0, 0.05) is 32.2 Å². The number of nitrogens with two attached hydrogens (primary N) is 1. The molecule has 5 heterocycles. The summed E-state index contributed by atoms with van der Waals surface area (Å²) in [7, 11) is -3.20. The van der Waals surface area contributed by atoms with Crippen LogP contribution in [-0.4, -0.2) is 109 Å². The first-order chi connectivity index (χ1) is 17.3. The number of nitrogens with one attached hydrogen (secondary N) is 2. The third-order valence-electron chi connectivity index (χ3n) is 8.07. The van der Waals surface area contributed by atoms with E-state index in [0.29, 0.717) is 63.5 Å². The summed E-state index contributed by atoms with van der Waals surface area (Å²) >= 11 is 0. The third-order valence-corrected chi connectivity index (χ3v) is 10.5. The first kappa shape index (κ1) is 25.7. The van der Waals surface area contributed by atoms with E-state index in [1.165, 1.54) is 4.68 Å². The molecule has 0 aliphatic carbocycles. The van der Waals surface area contributed by atoms with Gasteiger partial charge in [-0.1, -0.05) is 6.92 Å². The number of anilines is 2. The largest absolute Gasteiger partial charge is 0.381 e. The first-order valence-electron chi connectivity index (χ1n) is 13.3. The number of fused-ring (bicyclic) bond motifs is 1. The molecule has 3 saturated heterocycles. The standard InChI is InChI=1S/C23H39FN8O3S/c1-2-8-30-14-16(24)15-32-23(30)20(21(25)28-32)22(33)27-18-13-26-7-4-19(18)29-11-5-17(6-12-29)36(34,35)31-9-3-10-31/h16-19,26H,2-15H2,1H3,(H2,25,28)(H,27,33). The maximum atomic E-state index is 14.3. The summed E-state index contributed by atoms with van der Waals surface area (Å²) < 4.78 is 43.1. The van der Waals surface area contributed by atoms with Gasteiger partial charge in [-0.3, -0.25) is 9.69 Å². The molecule has 1 aromatic rings. The van der Waals surface area contributed by atoms with Crippen LogP contribution in [0.15, 0.2) is 0 Å². The number of carbonyl (C=O) groups is 1. The summed E-state index contributed by atoms with van der Waals surface area (Å²) in [6.07, 6.45) is 2.80. The molecule has 13 heteroatoms. The minimum Gasteiger partial charge on any atom is -0.381 e. The predicted molar refractivity (Wildman–Crippen MR) is 136 cm³/mol. The quantitative estimate of drug-likeness (QED) is 0.453. The van der Waals surface area contributed by atoms with Gasteiger partial charge >= 0.3 is 0 Å². The van der Waals surface area contributed by atoms with Crippen molar-refractivity contribution < 1.29 is 17.6 Å². The molecule has 1 aromatic heterocycles. The predicted octanol–water partition coefficient (Wildman–Crippen LogP) is -0.00640. The minimum absolute atomic E-state index is 0.0932. The molecule has 36 heavy (non-hydrogen) atoms. The molecule has 4 N–H and O–H groups in total. The highest BCUT2D eigenvalue weighted by Gasteiger charge is 2.41. The summed E-state index contributed by atoms with van der Waals surface area (Å²) in [4.78, 5) is 17.7. The van der Waals surface area contributed by atoms with E-state index in [0.717, 1.165) is 25.8 Å². The van der Waals surface area contributed by atoms with E-state index in [-0.39, 0.29) is 42.1 Å². The highest BCUT2D eigenvalue weighted by atomic mass is 32.2. The molecule has 3 fully saturated rings. The van der Waals surface area contributed by atoms with E-state index in [1.54, 1.807) is 4.31 Å². The molecule has 0 bridgehead atoms. The van der Waals surface area contributed by atoms with Gasteiger partial charge < -0.3 is 21.3 Å². The monoisotopic (exact) mass is 526 g/mol. The summed E-state index contributed by atoms with van der Waals surface area (Å²) in [6, 6.07) is -0.0423. The van der Waals surface area contributed by atoms with Crippen molar-refractivity contribution in [3.05, 3.63) is 5.56 Å². The van der Waals surface area contributed by atoms with Gasteiger partial charge in [-0.15, -0.1) is 0 Å². The van der Waals surface area contributed by atoms with Crippen molar-refractivity contribution in [1.29, 1.82) is 0 Å². The Kier molecular flexibility index (Phi) is 7.44. The molecule has 11 nitrogen and oxygen atoms in total. The first-order valence-corrected chi connectivity index (χ1v) is 14.8. The number of hydrogen-bond donors (Lipinski definition) is 3. The third kappa shape index (κ3) is 4.82. The fourth-order valence-corrected chi connectivity index (χ4v) is 8.10. The number of amides is 1. The number of likely N-dealkylation sites (tertiary alicyclic amines) is 1. The molecular weight excluding hydrogens is 487 g/mol. The highest BCUT2D eigenvalue weighted by molar-refractivity contribution is 7.89. The van der Waals surface area contributed by atoms with Gasteiger partial charge in [0.25, 0.3) is 5.91 Å². The van der Waals surface area contributed by atoms with Crippen LogP contribution in [0.2, 0.25) is 0 Å².